The lowest BCUT2D eigenvalue weighted by molar-refractivity contribution is 0.476. The van der Waals surface area contributed by atoms with Gasteiger partial charge in [-0.25, -0.2) is 8.78 Å². The Bertz CT molecular complexity index is 598. The second-order valence-corrected chi connectivity index (χ2v) is 5.69. The van der Waals surface area contributed by atoms with Crippen molar-refractivity contribution in [3.05, 3.63) is 70.2 Å². The molecule has 2 unspecified atom stereocenters. The van der Waals surface area contributed by atoms with Gasteiger partial charge in [0, 0.05) is 17.1 Å². The molecule has 0 saturated carbocycles. The molecule has 0 heterocycles. The van der Waals surface area contributed by atoms with E-state index in [1.807, 2.05) is 6.92 Å². The van der Waals surface area contributed by atoms with Crippen LogP contribution in [0.1, 0.15) is 31.0 Å². The van der Waals surface area contributed by atoms with Crippen molar-refractivity contribution in [2.75, 3.05) is 0 Å². The molecule has 21 heavy (non-hydrogen) atoms. The molecule has 0 aliphatic rings. The van der Waals surface area contributed by atoms with Gasteiger partial charge in [0.25, 0.3) is 0 Å². The summed E-state index contributed by atoms with van der Waals surface area (Å²) in [6.45, 7) is 4.04. The molecule has 2 rings (SSSR count). The highest BCUT2D eigenvalue weighted by Gasteiger charge is 2.13. The number of benzene rings is 2. The van der Waals surface area contributed by atoms with Gasteiger partial charge >= 0.3 is 0 Å². The van der Waals surface area contributed by atoms with Gasteiger partial charge in [0.2, 0.25) is 0 Å². The summed E-state index contributed by atoms with van der Waals surface area (Å²) >= 11 is 6.06. The Kier molecular flexibility index (Phi) is 5.32. The van der Waals surface area contributed by atoms with Gasteiger partial charge in [0.1, 0.15) is 11.6 Å². The first-order chi connectivity index (χ1) is 9.95. The van der Waals surface area contributed by atoms with Crippen molar-refractivity contribution >= 4 is 11.6 Å². The van der Waals surface area contributed by atoms with Gasteiger partial charge in [-0.05, 0) is 55.7 Å². The van der Waals surface area contributed by atoms with Gasteiger partial charge in [0.15, 0.2) is 0 Å². The fraction of sp³-hybridized carbons (Fsp3) is 0.294. The average molecular weight is 310 g/mol. The molecule has 0 spiro atoms. The molecule has 0 aliphatic heterocycles. The first kappa shape index (κ1) is 15.9. The Morgan fingerprint density at radius 2 is 1.62 bits per heavy atom. The third kappa shape index (κ3) is 4.51. The maximum Gasteiger partial charge on any atom is 0.124 e. The molecule has 0 saturated heterocycles. The second kappa shape index (κ2) is 7.01. The highest BCUT2D eigenvalue weighted by molar-refractivity contribution is 6.31. The standard InChI is InChI=1S/C17H18ClF2N/c1-11(9-13-3-5-14(19)6-4-13)21-12(2)16-8-7-15(20)10-17(16)18/h3-8,10-12,21H,9H2,1-2H3. The number of rotatable bonds is 5. The lowest BCUT2D eigenvalue weighted by Gasteiger charge is -2.21. The monoisotopic (exact) mass is 309 g/mol. The Balaban J connectivity index is 1.98. The molecule has 0 amide bonds. The van der Waals surface area contributed by atoms with Gasteiger partial charge in [0.05, 0.1) is 0 Å². The minimum absolute atomic E-state index is 0.00792. The highest BCUT2D eigenvalue weighted by Crippen LogP contribution is 2.24. The van der Waals surface area contributed by atoms with E-state index in [4.69, 9.17) is 11.6 Å². The second-order valence-electron chi connectivity index (χ2n) is 5.29. The van der Waals surface area contributed by atoms with E-state index < -0.39 is 0 Å². The summed E-state index contributed by atoms with van der Waals surface area (Å²) in [4.78, 5) is 0. The number of hydrogen-bond donors (Lipinski definition) is 1. The smallest absolute Gasteiger partial charge is 0.124 e. The summed E-state index contributed by atoms with van der Waals surface area (Å²) < 4.78 is 25.9. The predicted molar refractivity (Wildman–Crippen MR) is 82.5 cm³/mol. The Morgan fingerprint density at radius 3 is 2.24 bits per heavy atom. The minimum atomic E-state index is -0.338. The van der Waals surface area contributed by atoms with Crippen LogP contribution in [0.15, 0.2) is 42.5 Å². The van der Waals surface area contributed by atoms with E-state index in [0.29, 0.717) is 5.02 Å². The minimum Gasteiger partial charge on any atom is -0.307 e. The summed E-state index contributed by atoms with van der Waals surface area (Å²) in [5.41, 5.74) is 1.93. The molecule has 1 nitrogen and oxygen atoms in total. The van der Waals surface area contributed by atoms with Crippen molar-refractivity contribution < 1.29 is 8.78 Å². The van der Waals surface area contributed by atoms with Crippen LogP contribution in [0, 0.1) is 11.6 Å². The van der Waals surface area contributed by atoms with Gasteiger partial charge in [-0.2, -0.15) is 0 Å². The van der Waals surface area contributed by atoms with Crippen LogP contribution in [0.2, 0.25) is 5.02 Å². The van der Waals surface area contributed by atoms with E-state index in [2.05, 4.69) is 12.2 Å². The quantitative estimate of drug-likeness (QED) is 0.828. The van der Waals surface area contributed by atoms with Crippen molar-refractivity contribution in [1.82, 2.24) is 5.32 Å². The molecular formula is C17H18ClF2N. The molecule has 112 valence electrons. The Labute approximate surface area is 128 Å². The van der Waals surface area contributed by atoms with E-state index in [1.165, 1.54) is 24.3 Å². The fourth-order valence-electron chi connectivity index (χ4n) is 2.40. The van der Waals surface area contributed by atoms with E-state index in [9.17, 15) is 8.78 Å². The first-order valence-corrected chi connectivity index (χ1v) is 7.29. The molecule has 2 aromatic carbocycles. The van der Waals surface area contributed by atoms with Gasteiger partial charge < -0.3 is 5.32 Å². The van der Waals surface area contributed by atoms with E-state index in [1.54, 1.807) is 18.2 Å². The zero-order chi connectivity index (χ0) is 15.4. The first-order valence-electron chi connectivity index (χ1n) is 6.91. The largest absolute Gasteiger partial charge is 0.307 e. The van der Waals surface area contributed by atoms with Gasteiger partial charge in [-0.15, -0.1) is 0 Å². The number of nitrogens with one attached hydrogen (secondary N) is 1. The molecule has 0 radical (unpaired) electrons. The third-order valence-electron chi connectivity index (χ3n) is 3.42. The van der Waals surface area contributed by atoms with Crippen LogP contribution in [-0.4, -0.2) is 6.04 Å². The van der Waals surface area contributed by atoms with Crippen LogP contribution < -0.4 is 5.32 Å². The van der Waals surface area contributed by atoms with Crippen LogP contribution >= 0.6 is 11.6 Å². The van der Waals surface area contributed by atoms with Crippen molar-refractivity contribution in [3.8, 4) is 0 Å². The highest BCUT2D eigenvalue weighted by atomic mass is 35.5. The van der Waals surface area contributed by atoms with Crippen LogP contribution in [0.5, 0.6) is 0 Å². The molecule has 0 fully saturated rings. The van der Waals surface area contributed by atoms with Gasteiger partial charge in [-0.3, -0.25) is 0 Å². The van der Waals surface area contributed by atoms with Crippen molar-refractivity contribution in [3.63, 3.8) is 0 Å². The summed E-state index contributed by atoms with van der Waals surface area (Å²) in [5, 5.41) is 3.84. The fourth-order valence-corrected chi connectivity index (χ4v) is 2.73. The molecule has 2 aromatic rings. The third-order valence-corrected chi connectivity index (χ3v) is 3.75. The zero-order valence-electron chi connectivity index (χ0n) is 12.0. The van der Waals surface area contributed by atoms with Gasteiger partial charge in [-0.1, -0.05) is 29.8 Å². The van der Waals surface area contributed by atoms with Crippen LogP contribution in [0.4, 0.5) is 8.78 Å². The molecule has 0 bridgehead atoms. The van der Waals surface area contributed by atoms with E-state index in [-0.39, 0.29) is 23.7 Å². The maximum atomic E-state index is 13.1. The molecule has 4 heteroatoms. The summed E-state index contributed by atoms with van der Waals surface area (Å²) in [5.74, 6) is -0.568. The Hall–Kier alpha value is -1.45. The molecule has 1 N–H and O–H groups in total. The number of hydrogen-bond acceptors (Lipinski definition) is 1. The summed E-state index contributed by atoms with van der Waals surface area (Å²) in [6.07, 6.45) is 0.781. The van der Waals surface area contributed by atoms with Crippen LogP contribution in [0.3, 0.4) is 0 Å². The molecule has 0 aliphatic carbocycles. The van der Waals surface area contributed by atoms with Crippen molar-refractivity contribution in [2.24, 2.45) is 0 Å². The predicted octanol–water partition coefficient (Wildman–Crippen LogP) is 4.90. The maximum absolute atomic E-state index is 13.1. The number of halogens is 3. The normalized spacial score (nSPS) is 14.0. The molecular weight excluding hydrogens is 292 g/mol. The Morgan fingerprint density at radius 1 is 1.00 bits per heavy atom. The van der Waals surface area contributed by atoms with Crippen molar-refractivity contribution in [2.45, 2.75) is 32.4 Å². The lowest BCUT2D eigenvalue weighted by Crippen LogP contribution is -2.30. The average Bonchev–Trinajstić information content (AvgIpc) is 2.41. The topological polar surface area (TPSA) is 12.0 Å². The molecule has 0 aromatic heterocycles. The lowest BCUT2D eigenvalue weighted by atomic mass is 10.0. The summed E-state index contributed by atoms with van der Waals surface area (Å²) in [7, 11) is 0. The van der Waals surface area contributed by atoms with E-state index in [0.717, 1.165) is 17.5 Å². The van der Waals surface area contributed by atoms with Crippen molar-refractivity contribution in [1.29, 1.82) is 0 Å². The molecule has 2 atom stereocenters. The van der Waals surface area contributed by atoms with Crippen LogP contribution in [0.25, 0.3) is 0 Å². The van der Waals surface area contributed by atoms with E-state index >= 15 is 0 Å². The van der Waals surface area contributed by atoms with Crippen LogP contribution in [-0.2, 0) is 6.42 Å². The SMILES string of the molecule is CC(Cc1ccc(F)cc1)NC(C)c1ccc(F)cc1Cl. The summed E-state index contributed by atoms with van der Waals surface area (Å²) in [6, 6.07) is 11.1. The zero-order valence-corrected chi connectivity index (χ0v) is 12.8.